The number of nitrogens with two attached hydrogens (primary N) is 1. The van der Waals surface area contributed by atoms with Crippen LogP contribution in [-0.4, -0.2) is 25.6 Å². The predicted octanol–water partition coefficient (Wildman–Crippen LogP) is 0.685. The molecule has 12 heavy (non-hydrogen) atoms. The maximum absolute atomic E-state index is 5.25. The van der Waals surface area contributed by atoms with Crippen molar-refractivity contribution in [3.63, 3.8) is 0 Å². The molecule has 0 aromatic heterocycles. The van der Waals surface area contributed by atoms with E-state index in [-0.39, 0.29) is 0 Å². The zero-order valence-electron chi connectivity index (χ0n) is 7.97. The fraction of sp³-hybridized carbons (Fsp3) is 0.875. The van der Waals surface area contributed by atoms with E-state index >= 15 is 0 Å². The molecule has 0 rings (SSSR count). The first-order chi connectivity index (χ1) is 5.85. The highest BCUT2D eigenvalue weighted by molar-refractivity contribution is 5.81. The summed E-state index contributed by atoms with van der Waals surface area (Å²) in [6, 6.07) is 0. The van der Waals surface area contributed by atoms with Crippen LogP contribution < -0.4 is 11.3 Å². The molecule has 0 aliphatic heterocycles. The summed E-state index contributed by atoms with van der Waals surface area (Å²) in [4.78, 5) is 4.17. The Morgan fingerprint density at radius 1 is 1.50 bits per heavy atom. The molecule has 0 saturated heterocycles. The maximum atomic E-state index is 5.25. The summed E-state index contributed by atoms with van der Waals surface area (Å²) in [7, 11) is 0. The average Bonchev–Trinajstić information content (AvgIpc) is 2.10. The third kappa shape index (κ3) is 6.12. The lowest BCUT2D eigenvalue weighted by atomic mass is 10.3. The van der Waals surface area contributed by atoms with Crippen LogP contribution in [0.25, 0.3) is 0 Å². The summed E-state index contributed by atoms with van der Waals surface area (Å²) in [6.45, 7) is 6.30. The minimum absolute atomic E-state index is 0.772. The van der Waals surface area contributed by atoms with E-state index in [1.54, 1.807) is 0 Å². The van der Waals surface area contributed by atoms with Gasteiger partial charge in [-0.25, -0.2) is 5.84 Å². The van der Waals surface area contributed by atoms with Gasteiger partial charge in [-0.05, 0) is 20.3 Å². The van der Waals surface area contributed by atoms with E-state index < -0.39 is 0 Å². The number of hydrogen-bond donors (Lipinski definition) is 2. The van der Waals surface area contributed by atoms with Crippen molar-refractivity contribution in [2.45, 2.75) is 26.7 Å². The average molecular weight is 173 g/mol. The molecule has 0 amide bonds. The molecule has 0 unspecified atom stereocenters. The van der Waals surface area contributed by atoms with Gasteiger partial charge in [0.05, 0.1) is 0 Å². The summed E-state index contributed by atoms with van der Waals surface area (Å²) in [6.07, 6.45) is 1.83. The largest absolute Gasteiger partial charge is 0.382 e. The van der Waals surface area contributed by atoms with Gasteiger partial charge >= 0.3 is 0 Å². The van der Waals surface area contributed by atoms with Crippen molar-refractivity contribution in [2.24, 2.45) is 10.8 Å². The molecule has 0 spiro atoms. The second-order valence-corrected chi connectivity index (χ2v) is 2.37. The molecule has 3 N–H and O–H groups in total. The first kappa shape index (κ1) is 11.4. The third-order valence-corrected chi connectivity index (χ3v) is 1.42. The Morgan fingerprint density at radius 2 is 2.25 bits per heavy atom. The first-order valence-electron chi connectivity index (χ1n) is 4.42. The highest BCUT2D eigenvalue weighted by Gasteiger charge is 1.94. The second kappa shape index (κ2) is 8.49. The first-order valence-corrected chi connectivity index (χ1v) is 4.42. The van der Waals surface area contributed by atoms with Gasteiger partial charge in [0.25, 0.3) is 0 Å². The molecule has 72 valence electrons. The number of hydrogen-bond acceptors (Lipinski definition) is 3. The van der Waals surface area contributed by atoms with E-state index in [9.17, 15) is 0 Å². The molecule has 0 fully saturated rings. The van der Waals surface area contributed by atoms with Crippen molar-refractivity contribution < 1.29 is 4.74 Å². The number of nitrogens with one attached hydrogen (secondary N) is 1. The van der Waals surface area contributed by atoms with Gasteiger partial charge in [0.15, 0.2) is 0 Å². The number of nitrogens with zero attached hydrogens (tertiary/aromatic N) is 1. The molecule has 0 radical (unpaired) electrons. The summed E-state index contributed by atoms with van der Waals surface area (Å²) in [5.41, 5.74) is 2.57. The molecule has 0 bridgehead atoms. The van der Waals surface area contributed by atoms with E-state index in [0.717, 1.165) is 38.4 Å². The third-order valence-electron chi connectivity index (χ3n) is 1.42. The van der Waals surface area contributed by atoms with Crippen LogP contribution in [0.5, 0.6) is 0 Å². The number of rotatable bonds is 6. The molecule has 0 aromatic carbocycles. The summed E-state index contributed by atoms with van der Waals surface area (Å²) in [5, 5.41) is 0. The van der Waals surface area contributed by atoms with Gasteiger partial charge in [0.1, 0.15) is 5.84 Å². The lowest BCUT2D eigenvalue weighted by Crippen LogP contribution is -2.30. The minimum Gasteiger partial charge on any atom is -0.382 e. The van der Waals surface area contributed by atoms with Gasteiger partial charge in [0.2, 0.25) is 0 Å². The van der Waals surface area contributed by atoms with E-state index in [0.29, 0.717) is 0 Å². The van der Waals surface area contributed by atoms with Crippen molar-refractivity contribution in [1.82, 2.24) is 5.43 Å². The van der Waals surface area contributed by atoms with Gasteiger partial charge in [-0.1, -0.05) is 0 Å². The van der Waals surface area contributed by atoms with Crippen LogP contribution in [0.15, 0.2) is 4.99 Å². The molecule has 0 heterocycles. The summed E-state index contributed by atoms with van der Waals surface area (Å²) < 4.78 is 5.18. The van der Waals surface area contributed by atoms with Crippen LogP contribution in [0.4, 0.5) is 0 Å². The molecule has 0 aliphatic carbocycles. The lowest BCUT2D eigenvalue weighted by molar-refractivity contribution is 0.146. The fourth-order valence-electron chi connectivity index (χ4n) is 0.874. The van der Waals surface area contributed by atoms with Gasteiger partial charge in [0, 0.05) is 26.2 Å². The molecule has 4 nitrogen and oxygen atoms in total. The van der Waals surface area contributed by atoms with Crippen LogP contribution >= 0.6 is 0 Å². The highest BCUT2D eigenvalue weighted by Crippen LogP contribution is 1.91. The molecule has 0 aliphatic rings. The zero-order chi connectivity index (χ0) is 9.23. The maximum Gasteiger partial charge on any atom is 0.110 e. The quantitative estimate of drug-likeness (QED) is 0.204. The fourth-order valence-corrected chi connectivity index (χ4v) is 0.874. The van der Waals surface area contributed by atoms with Crippen molar-refractivity contribution in [3.05, 3.63) is 0 Å². The topological polar surface area (TPSA) is 59.6 Å². The number of ether oxygens (including phenoxy) is 1. The molecular formula is C8H19N3O. The number of amidine groups is 1. The van der Waals surface area contributed by atoms with E-state index in [2.05, 4.69) is 10.4 Å². The molecular weight excluding hydrogens is 154 g/mol. The van der Waals surface area contributed by atoms with Crippen LogP contribution in [0.1, 0.15) is 26.7 Å². The monoisotopic (exact) mass is 173 g/mol. The van der Waals surface area contributed by atoms with Gasteiger partial charge in [-0.15, -0.1) is 0 Å². The molecule has 4 heteroatoms. The highest BCUT2D eigenvalue weighted by atomic mass is 16.5. The summed E-state index contributed by atoms with van der Waals surface area (Å²) in [5.74, 6) is 6.11. The Hall–Kier alpha value is -0.610. The van der Waals surface area contributed by atoms with Crippen LogP contribution in [-0.2, 0) is 4.74 Å². The SMILES string of the molecule is CCN=C(CCCOCC)NN. The Balaban J connectivity index is 3.38. The van der Waals surface area contributed by atoms with Crippen LogP contribution in [0.2, 0.25) is 0 Å². The van der Waals surface area contributed by atoms with E-state index in [1.807, 2.05) is 13.8 Å². The molecule has 0 saturated carbocycles. The number of aliphatic imine (C=N–C) groups is 1. The Kier molecular flexibility index (Phi) is 8.05. The lowest BCUT2D eigenvalue weighted by Gasteiger charge is -2.04. The molecule has 0 aromatic rings. The summed E-state index contributed by atoms with van der Waals surface area (Å²) >= 11 is 0. The minimum atomic E-state index is 0.772. The van der Waals surface area contributed by atoms with Crippen LogP contribution in [0.3, 0.4) is 0 Å². The smallest absolute Gasteiger partial charge is 0.110 e. The van der Waals surface area contributed by atoms with Gasteiger partial charge in [-0.2, -0.15) is 0 Å². The predicted molar refractivity (Wildman–Crippen MR) is 51.0 cm³/mol. The van der Waals surface area contributed by atoms with Gasteiger partial charge < -0.3 is 10.2 Å². The zero-order valence-corrected chi connectivity index (χ0v) is 7.97. The van der Waals surface area contributed by atoms with Crippen molar-refractivity contribution in [2.75, 3.05) is 19.8 Å². The van der Waals surface area contributed by atoms with E-state index in [1.165, 1.54) is 0 Å². The Morgan fingerprint density at radius 3 is 2.75 bits per heavy atom. The van der Waals surface area contributed by atoms with Crippen LogP contribution in [0, 0.1) is 0 Å². The number of hydrazine groups is 1. The van der Waals surface area contributed by atoms with Crippen molar-refractivity contribution >= 4 is 5.84 Å². The second-order valence-electron chi connectivity index (χ2n) is 2.37. The normalized spacial score (nSPS) is 11.8. The Labute approximate surface area is 74.2 Å². The Bertz CT molecular complexity index is 125. The van der Waals surface area contributed by atoms with Crippen molar-refractivity contribution in [3.8, 4) is 0 Å². The van der Waals surface area contributed by atoms with Crippen molar-refractivity contribution in [1.29, 1.82) is 0 Å². The molecule has 0 atom stereocenters. The van der Waals surface area contributed by atoms with E-state index in [4.69, 9.17) is 10.6 Å². The standard InChI is InChI=1S/C8H19N3O/c1-3-10-8(11-9)6-5-7-12-4-2/h3-7,9H2,1-2H3,(H,10,11). The van der Waals surface area contributed by atoms with Gasteiger partial charge in [-0.3, -0.25) is 4.99 Å².